The summed E-state index contributed by atoms with van der Waals surface area (Å²) in [6.07, 6.45) is 4.53. The summed E-state index contributed by atoms with van der Waals surface area (Å²) >= 11 is 0. The van der Waals surface area contributed by atoms with E-state index in [1.807, 2.05) is 6.26 Å². The van der Waals surface area contributed by atoms with Crippen LogP contribution in [-0.2, 0) is 10.8 Å². The Bertz CT molecular complexity index is 272. The molecule has 2 saturated heterocycles. The van der Waals surface area contributed by atoms with Crippen LogP contribution in [0.5, 0.6) is 0 Å². The molecule has 0 radical (unpaired) electrons. The Morgan fingerprint density at radius 3 is 2.88 bits per heavy atom. The van der Waals surface area contributed by atoms with Crippen LogP contribution in [0.1, 0.15) is 26.7 Å². The Kier molecular flexibility index (Phi) is 4.03. The Hall–Kier alpha value is 0.0700. The summed E-state index contributed by atoms with van der Waals surface area (Å²) in [5.41, 5.74) is 0. The fourth-order valence-electron chi connectivity index (χ4n) is 3.26. The van der Waals surface area contributed by atoms with Gasteiger partial charge in [-0.25, -0.2) is 0 Å². The van der Waals surface area contributed by atoms with Crippen molar-refractivity contribution in [3.8, 4) is 0 Å². The van der Waals surface area contributed by atoms with Gasteiger partial charge in [0.25, 0.3) is 0 Å². The maximum atomic E-state index is 11.3. The van der Waals surface area contributed by atoms with Crippen LogP contribution in [0, 0.1) is 0 Å². The molecule has 16 heavy (non-hydrogen) atoms. The second-order valence-corrected chi connectivity index (χ2v) is 6.91. The van der Waals surface area contributed by atoms with E-state index in [0.717, 1.165) is 11.8 Å². The first-order valence-electron chi connectivity index (χ1n) is 6.37. The lowest BCUT2D eigenvalue weighted by molar-refractivity contribution is 0.0393. The molecule has 0 aromatic rings. The van der Waals surface area contributed by atoms with Gasteiger partial charge in [0.2, 0.25) is 0 Å². The molecule has 0 saturated carbocycles. The van der Waals surface area contributed by atoms with Crippen LogP contribution >= 0.6 is 0 Å². The highest BCUT2D eigenvalue weighted by molar-refractivity contribution is 7.84. The highest BCUT2D eigenvalue weighted by atomic mass is 32.2. The molecule has 0 aromatic heterocycles. The molecule has 0 N–H and O–H groups in total. The molecular weight excluding hydrogens is 220 g/mol. The highest BCUT2D eigenvalue weighted by Gasteiger charge is 2.36. The lowest BCUT2D eigenvalue weighted by Gasteiger charge is -2.45. The van der Waals surface area contributed by atoms with Crippen LogP contribution in [0.25, 0.3) is 0 Å². The maximum absolute atomic E-state index is 11.3. The van der Waals surface area contributed by atoms with E-state index in [9.17, 15) is 4.21 Å². The second-order valence-electron chi connectivity index (χ2n) is 5.43. The van der Waals surface area contributed by atoms with Gasteiger partial charge in [0.05, 0.1) is 0 Å². The number of fused-ring (bicyclic) bond motifs is 1. The average Bonchev–Trinajstić information content (AvgIpc) is 2.61. The van der Waals surface area contributed by atoms with Gasteiger partial charge in [0.15, 0.2) is 0 Å². The first-order valence-corrected chi connectivity index (χ1v) is 8.10. The fraction of sp³-hybridized carbons (Fsp3) is 1.00. The normalized spacial score (nSPS) is 35.9. The van der Waals surface area contributed by atoms with Crippen molar-refractivity contribution in [3.05, 3.63) is 0 Å². The third-order valence-electron chi connectivity index (χ3n) is 4.03. The van der Waals surface area contributed by atoms with Crippen molar-refractivity contribution in [2.24, 2.45) is 0 Å². The number of rotatable bonds is 3. The second kappa shape index (κ2) is 5.15. The van der Waals surface area contributed by atoms with Crippen LogP contribution in [-0.4, -0.2) is 63.8 Å². The highest BCUT2D eigenvalue weighted by Crippen LogP contribution is 2.25. The number of hydrogen-bond donors (Lipinski definition) is 0. The summed E-state index contributed by atoms with van der Waals surface area (Å²) in [7, 11) is -0.674. The van der Waals surface area contributed by atoms with E-state index in [1.165, 1.54) is 32.5 Å². The number of hydrogen-bond acceptors (Lipinski definition) is 3. The maximum Gasteiger partial charge on any atom is 0.0385 e. The quantitative estimate of drug-likeness (QED) is 0.738. The molecular formula is C12H24N2OS. The summed E-state index contributed by atoms with van der Waals surface area (Å²) in [6.45, 7) is 8.20. The molecule has 2 aliphatic rings. The van der Waals surface area contributed by atoms with Crippen LogP contribution in [0.4, 0.5) is 0 Å². The largest absolute Gasteiger partial charge is 0.298 e. The van der Waals surface area contributed by atoms with Gasteiger partial charge in [-0.15, -0.1) is 0 Å². The Balaban J connectivity index is 1.96. The first kappa shape index (κ1) is 12.5. The summed E-state index contributed by atoms with van der Waals surface area (Å²) in [6, 6.07) is 1.85. The van der Waals surface area contributed by atoms with Gasteiger partial charge in [0.1, 0.15) is 0 Å². The number of nitrogens with zero attached hydrogens (tertiary/aromatic N) is 2. The van der Waals surface area contributed by atoms with Crippen molar-refractivity contribution >= 4 is 10.8 Å². The van der Waals surface area contributed by atoms with Crippen LogP contribution < -0.4 is 0 Å². The summed E-state index contributed by atoms with van der Waals surface area (Å²) < 4.78 is 11.3. The van der Waals surface area contributed by atoms with Crippen molar-refractivity contribution in [3.63, 3.8) is 0 Å². The monoisotopic (exact) mass is 244 g/mol. The molecule has 4 unspecified atom stereocenters. The van der Waals surface area contributed by atoms with Gasteiger partial charge in [-0.1, -0.05) is 0 Å². The van der Waals surface area contributed by atoms with Crippen LogP contribution in [0.3, 0.4) is 0 Å². The Labute approximate surface area is 102 Å². The minimum absolute atomic E-state index is 0.462. The van der Waals surface area contributed by atoms with Crippen LogP contribution in [0.2, 0.25) is 0 Å². The van der Waals surface area contributed by atoms with Gasteiger partial charge in [-0.2, -0.15) is 0 Å². The molecule has 0 bridgehead atoms. The van der Waals surface area contributed by atoms with Gasteiger partial charge < -0.3 is 0 Å². The molecule has 2 aliphatic heterocycles. The lowest BCUT2D eigenvalue weighted by atomic mass is 10.1. The third kappa shape index (κ3) is 2.66. The van der Waals surface area contributed by atoms with E-state index in [1.54, 1.807) is 0 Å². The molecule has 2 rings (SSSR count). The van der Waals surface area contributed by atoms with E-state index in [4.69, 9.17) is 0 Å². The predicted molar refractivity (Wildman–Crippen MR) is 69.2 cm³/mol. The molecule has 0 aromatic carbocycles. The summed E-state index contributed by atoms with van der Waals surface area (Å²) in [5.74, 6) is 0.817. The predicted octanol–water partition coefficient (Wildman–Crippen LogP) is 0.922. The van der Waals surface area contributed by atoms with E-state index >= 15 is 0 Å². The smallest absolute Gasteiger partial charge is 0.0385 e. The van der Waals surface area contributed by atoms with E-state index in [0.29, 0.717) is 12.1 Å². The topological polar surface area (TPSA) is 23.6 Å². The third-order valence-corrected chi connectivity index (χ3v) is 4.98. The Morgan fingerprint density at radius 2 is 2.19 bits per heavy atom. The fourth-order valence-corrected chi connectivity index (χ4v) is 4.13. The molecule has 0 spiro atoms. The summed E-state index contributed by atoms with van der Waals surface area (Å²) in [5, 5.41) is 0. The van der Waals surface area contributed by atoms with Gasteiger partial charge in [-0.05, 0) is 33.2 Å². The van der Waals surface area contributed by atoms with Gasteiger partial charge >= 0.3 is 0 Å². The van der Waals surface area contributed by atoms with Crippen molar-refractivity contribution < 1.29 is 4.21 Å². The molecule has 94 valence electrons. The van der Waals surface area contributed by atoms with E-state index in [2.05, 4.69) is 23.6 Å². The van der Waals surface area contributed by atoms with E-state index < -0.39 is 10.8 Å². The molecule has 0 aliphatic carbocycles. The van der Waals surface area contributed by atoms with E-state index in [-0.39, 0.29) is 0 Å². The molecule has 2 heterocycles. The average molecular weight is 244 g/mol. The van der Waals surface area contributed by atoms with Crippen molar-refractivity contribution in [2.75, 3.05) is 31.6 Å². The SMILES string of the molecule is CC1CN2CCCC2CN1C(C)CS(C)=O. The Morgan fingerprint density at radius 1 is 1.44 bits per heavy atom. The number of piperazine rings is 1. The van der Waals surface area contributed by atoms with Crippen molar-refractivity contribution in [1.29, 1.82) is 0 Å². The zero-order chi connectivity index (χ0) is 11.7. The molecule has 3 nitrogen and oxygen atoms in total. The zero-order valence-electron chi connectivity index (χ0n) is 10.7. The molecule has 2 fully saturated rings. The zero-order valence-corrected chi connectivity index (χ0v) is 11.5. The first-order chi connectivity index (χ1) is 7.58. The lowest BCUT2D eigenvalue weighted by Crippen LogP contribution is -2.58. The molecule has 0 amide bonds. The standard InChI is InChI=1S/C12H24N2OS/c1-10-7-13-6-4-5-12(13)8-14(10)11(2)9-16(3)15/h10-12H,4-9H2,1-3H3. The minimum atomic E-state index is -0.674. The van der Waals surface area contributed by atoms with Gasteiger partial charge in [0, 0.05) is 54.0 Å². The van der Waals surface area contributed by atoms with Crippen molar-refractivity contribution in [2.45, 2.75) is 44.8 Å². The minimum Gasteiger partial charge on any atom is -0.298 e. The van der Waals surface area contributed by atoms with Crippen LogP contribution in [0.15, 0.2) is 0 Å². The van der Waals surface area contributed by atoms with Crippen molar-refractivity contribution in [1.82, 2.24) is 9.80 Å². The van der Waals surface area contributed by atoms with Gasteiger partial charge in [-0.3, -0.25) is 14.0 Å². The summed E-state index contributed by atoms with van der Waals surface area (Å²) in [4.78, 5) is 5.20. The molecule has 4 atom stereocenters. The molecule has 4 heteroatoms.